The number of para-hydroxylation sites is 2. The smallest absolute Gasteiger partial charge is 0.282 e. The van der Waals surface area contributed by atoms with Gasteiger partial charge >= 0.3 is 0 Å². The summed E-state index contributed by atoms with van der Waals surface area (Å²) in [5.41, 5.74) is 3.00. The summed E-state index contributed by atoms with van der Waals surface area (Å²) in [5, 5.41) is 0.523. The van der Waals surface area contributed by atoms with Crippen molar-refractivity contribution in [3.63, 3.8) is 0 Å². The van der Waals surface area contributed by atoms with Gasteiger partial charge in [0.15, 0.2) is 0 Å². The van der Waals surface area contributed by atoms with Crippen molar-refractivity contribution in [3.8, 4) is 0 Å². The van der Waals surface area contributed by atoms with Gasteiger partial charge in [-0.15, -0.1) is 0 Å². The molecule has 3 aromatic rings. The Morgan fingerprint density at radius 2 is 1.47 bits per heavy atom. The topological polar surface area (TPSA) is 40.6 Å². The number of hydrogen-bond acceptors (Lipinski definition) is 3. The summed E-state index contributed by atoms with van der Waals surface area (Å²) < 4.78 is 14.5. The first kappa shape index (κ1) is 18.6. The van der Waals surface area contributed by atoms with Gasteiger partial charge in [-0.25, -0.2) is 9.29 Å². The number of carbonyl (C=O) groups excluding carboxylic acids is 2. The van der Waals surface area contributed by atoms with Crippen molar-refractivity contribution >= 4 is 40.4 Å². The zero-order valence-electron chi connectivity index (χ0n) is 15.8. The molecule has 0 saturated carbocycles. The lowest BCUT2D eigenvalue weighted by atomic mass is 10.0. The van der Waals surface area contributed by atoms with Gasteiger partial charge in [0.25, 0.3) is 11.8 Å². The number of fused-ring (bicyclic) bond motifs is 1. The quantitative estimate of drug-likeness (QED) is 0.572. The third-order valence-corrected chi connectivity index (χ3v) is 5.69. The lowest BCUT2D eigenvalue weighted by molar-refractivity contribution is -0.120. The maximum atomic E-state index is 14.5. The molecule has 2 aliphatic rings. The Kier molecular flexibility index (Phi) is 4.40. The Hall–Kier alpha value is -3.44. The number of carbonyl (C=O) groups is 2. The van der Waals surface area contributed by atoms with Crippen LogP contribution in [0.25, 0.3) is 5.57 Å². The molecule has 30 heavy (non-hydrogen) atoms. The predicted octanol–water partition coefficient (Wildman–Crippen LogP) is 4.83. The first-order valence-corrected chi connectivity index (χ1v) is 9.93. The van der Waals surface area contributed by atoms with Gasteiger partial charge in [-0.3, -0.25) is 9.59 Å². The van der Waals surface area contributed by atoms with Crippen molar-refractivity contribution in [2.75, 3.05) is 16.3 Å². The molecule has 0 bridgehead atoms. The predicted molar refractivity (Wildman–Crippen MR) is 115 cm³/mol. The van der Waals surface area contributed by atoms with Crippen LogP contribution in [0.1, 0.15) is 11.1 Å². The maximum absolute atomic E-state index is 14.5. The molecule has 0 fully saturated rings. The number of rotatable bonds is 3. The van der Waals surface area contributed by atoms with Gasteiger partial charge in [0.1, 0.15) is 11.5 Å². The van der Waals surface area contributed by atoms with Crippen molar-refractivity contribution < 1.29 is 14.0 Å². The Morgan fingerprint density at radius 1 is 0.800 bits per heavy atom. The second-order valence-electron chi connectivity index (χ2n) is 7.16. The van der Waals surface area contributed by atoms with Crippen LogP contribution in [0.5, 0.6) is 0 Å². The second kappa shape index (κ2) is 7.11. The average molecular weight is 419 g/mol. The Balaban J connectivity index is 1.70. The van der Waals surface area contributed by atoms with E-state index in [1.54, 1.807) is 30.3 Å². The van der Waals surface area contributed by atoms with Gasteiger partial charge in [0.2, 0.25) is 0 Å². The molecule has 5 rings (SSSR count). The van der Waals surface area contributed by atoms with Crippen molar-refractivity contribution in [2.24, 2.45) is 0 Å². The van der Waals surface area contributed by atoms with Crippen LogP contribution in [0.15, 0.2) is 78.5 Å². The molecule has 0 atom stereocenters. The molecule has 3 aromatic carbocycles. The van der Waals surface area contributed by atoms with E-state index in [2.05, 4.69) is 0 Å². The number of anilines is 2. The molecule has 0 unspecified atom stereocenters. The van der Waals surface area contributed by atoms with Crippen LogP contribution in [0, 0.1) is 5.82 Å². The molecule has 0 N–H and O–H groups in total. The van der Waals surface area contributed by atoms with Gasteiger partial charge in [-0.1, -0.05) is 54.1 Å². The molecule has 2 heterocycles. The summed E-state index contributed by atoms with van der Waals surface area (Å²) in [6.07, 6.45) is 0.759. The normalized spacial score (nSPS) is 15.9. The molecular formula is C24H16ClFN2O2. The van der Waals surface area contributed by atoms with E-state index in [4.69, 9.17) is 11.6 Å². The summed E-state index contributed by atoms with van der Waals surface area (Å²) in [7, 11) is 0. The van der Waals surface area contributed by atoms with E-state index in [1.807, 2.05) is 29.2 Å². The first-order chi connectivity index (χ1) is 14.6. The van der Waals surface area contributed by atoms with Crippen LogP contribution in [0.2, 0.25) is 5.02 Å². The summed E-state index contributed by atoms with van der Waals surface area (Å²) in [6.45, 7) is 0.565. The minimum absolute atomic E-state index is 0.0542. The summed E-state index contributed by atoms with van der Waals surface area (Å²) in [4.78, 5) is 29.8. The van der Waals surface area contributed by atoms with E-state index >= 15 is 0 Å². The molecule has 2 aliphatic heterocycles. The van der Waals surface area contributed by atoms with E-state index in [9.17, 15) is 14.0 Å². The fraction of sp³-hybridized carbons (Fsp3) is 0.0833. The van der Waals surface area contributed by atoms with Gasteiger partial charge in [0.05, 0.1) is 11.3 Å². The highest BCUT2D eigenvalue weighted by Crippen LogP contribution is 2.40. The van der Waals surface area contributed by atoms with E-state index in [0.717, 1.165) is 22.6 Å². The zero-order chi connectivity index (χ0) is 20.8. The fourth-order valence-corrected chi connectivity index (χ4v) is 4.19. The molecular weight excluding hydrogens is 403 g/mol. The standard InChI is InChI=1S/C24H16ClFN2O2/c25-17-11-9-16(10-12-17)21-22(27-14-13-15-5-1-3-7-19(15)27)24(30)28(23(21)29)20-8-4-2-6-18(20)26/h1-12H,13-14H2. The van der Waals surface area contributed by atoms with Gasteiger partial charge in [-0.05, 0) is 47.9 Å². The molecule has 0 aromatic heterocycles. The molecule has 0 radical (unpaired) electrons. The van der Waals surface area contributed by atoms with E-state index < -0.39 is 17.6 Å². The minimum atomic E-state index is -0.627. The molecule has 4 nitrogen and oxygen atoms in total. The van der Waals surface area contributed by atoms with Gasteiger partial charge in [-0.2, -0.15) is 0 Å². The molecule has 0 saturated heterocycles. The third-order valence-electron chi connectivity index (χ3n) is 5.44. The number of nitrogens with zero attached hydrogens (tertiary/aromatic N) is 2. The Morgan fingerprint density at radius 3 is 2.20 bits per heavy atom. The number of amides is 2. The highest BCUT2D eigenvalue weighted by Gasteiger charge is 2.44. The van der Waals surface area contributed by atoms with Crippen LogP contribution >= 0.6 is 11.6 Å². The van der Waals surface area contributed by atoms with Crippen LogP contribution in [-0.2, 0) is 16.0 Å². The highest BCUT2D eigenvalue weighted by molar-refractivity contribution is 6.46. The van der Waals surface area contributed by atoms with Crippen LogP contribution in [0.4, 0.5) is 15.8 Å². The highest BCUT2D eigenvalue weighted by atomic mass is 35.5. The summed E-state index contributed by atoms with van der Waals surface area (Å²) in [5.74, 6) is -1.71. The van der Waals surface area contributed by atoms with Crippen molar-refractivity contribution in [1.82, 2.24) is 0 Å². The first-order valence-electron chi connectivity index (χ1n) is 9.55. The maximum Gasteiger partial charge on any atom is 0.282 e. The SMILES string of the molecule is O=C1C(c2ccc(Cl)cc2)=C(N2CCc3ccccc32)C(=O)N1c1ccccc1F. The van der Waals surface area contributed by atoms with Gasteiger partial charge < -0.3 is 4.90 Å². The third kappa shape index (κ3) is 2.82. The molecule has 6 heteroatoms. The molecule has 0 aliphatic carbocycles. The van der Waals surface area contributed by atoms with Crippen LogP contribution in [-0.4, -0.2) is 18.4 Å². The van der Waals surface area contributed by atoms with Gasteiger partial charge in [0, 0.05) is 17.3 Å². The lowest BCUT2D eigenvalue weighted by Crippen LogP contribution is -2.35. The van der Waals surface area contributed by atoms with Crippen molar-refractivity contribution in [3.05, 3.63) is 100 Å². The average Bonchev–Trinajstić information content (AvgIpc) is 3.28. The fourth-order valence-electron chi connectivity index (χ4n) is 4.07. The number of imide groups is 1. The van der Waals surface area contributed by atoms with Crippen LogP contribution in [0.3, 0.4) is 0 Å². The number of halogens is 2. The van der Waals surface area contributed by atoms with Crippen LogP contribution < -0.4 is 9.80 Å². The van der Waals surface area contributed by atoms with Crippen molar-refractivity contribution in [2.45, 2.75) is 6.42 Å². The Labute approximate surface area is 177 Å². The molecule has 0 spiro atoms. The largest absolute Gasteiger partial charge is 0.336 e. The van der Waals surface area contributed by atoms with E-state index in [1.165, 1.54) is 18.2 Å². The van der Waals surface area contributed by atoms with E-state index in [-0.39, 0.29) is 17.0 Å². The molecule has 148 valence electrons. The lowest BCUT2D eigenvalue weighted by Gasteiger charge is -2.22. The van der Waals surface area contributed by atoms with Crippen molar-refractivity contribution in [1.29, 1.82) is 0 Å². The number of hydrogen-bond donors (Lipinski definition) is 0. The summed E-state index contributed by atoms with van der Waals surface area (Å²) in [6, 6.07) is 20.3. The van der Waals surface area contributed by atoms with E-state index in [0.29, 0.717) is 17.1 Å². The Bertz CT molecular complexity index is 1220. The summed E-state index contributed by atoms with van der Waals surface area (Å²) >= 11 is 6.02. The monoisotopic (exact) mass is 418 g/mol. The second-order valence-corrected chi connectivity index (χ2v) is 7.59. The molecule has 2 amide bonds. The number of benzene rings is 3. The zero-order valence-corrected chi connectivity index (χ0v) is 16.6. The minimum Gasteiger partial charge on any atom is -0.336 e.